The second kappa shape index (κ2) is 5.10. The van der Waals surface area contributed by atoms with E-state index in [0.717, 1.165) is 5.69 Å². The number of halogens is 1. The molecule has 1 heterocycles. The Morgan fingerprint density at radius 3 is 2.89 bits per heavy atom. The van der Waals surface area contributed by atoms with Crippen molar-refractivity contribution in [2.24, 2.45) is 7.05 Å². The molecule has 2 N–H and O–H groups in total. The van der Waals surface area contributed by atoms with Crippen LogP contribution in [0.5, 0.6) is 5.75 Å². The van der Waals surface area contributed by atoms with Gasteiger partial charge in [-0.3, -0.25) is 9.48 Å². The number of hydrogen-bond acceptors (Lipinski definition) is 3. The third kappa shape index (κ3) is 2.81. The minimum atomic E-state index is -0.366. The van der Waals surface area contributed by atoms with E-state index in [1.54, 1.807) is 24.0 Å². The Morgan fingerprint density at radius 2 is 2.28 bits per heavy atom. The van der Waals surface area contributed by atoms with Crippen LogP contribution < -0.4 is 5.32 Å². The third-order valence-corrected chi connectivity index (χ3v) is 2.64. The van der Waals surface area contributed by atoms with Gasteiger partial charge in [-0.25, -0.2) is 0 Å². The van der Waals surface area contributed by atoms with Gasteiger partial charge >= 0.3 is 0 Å². The normalized spacial score (nSPS) is 10.3. The number of carbonyl (C=O) groups is 1. The number of aromatic hydroxyl groups is 1. The molecule has 0 bridgehead atoms. The molecule has 0 saturated heterocycles. The molecular formula is C12H12ClN3O2. The maximum absolute atomic E-state index is 11.8. The fraction of sp³-hybridized carbons (Fsp3) is 0.167. The van der Waals surface area contributed by atoms with E-state index in [2.05, 4.69) is 10.4 Å². The molecule has 0 fully saturated rings. The predicted octanol–water partition coefficient (Wildman–Crippen LogP) is 1.71. The van der Waals surface area contributed by atoms with E-state index >= 15 is 0 Å². The summed E-state index contributed by atoms with van der Waals surface area (Å²) in [4.78, 5) is 11.8. The highest BCUT2D eigenvalue weighted by atomic mass is 35.5. The van der Waals surface area contributed by atoms with Crippen LogP contribution in [-0.2, 0) is 13.6 Å². The first-order chi connectivity index (χ1) is 8.56. The number of aryl methyl sites for hydroxylation is 1. The first-order valence-electron chi connectivity index (χ1n) is 5.31. The number of hydrogen-bond donors (Lipinski definition) is 2. The number of amides is 1. The minimum Gasteiger partial charge on any atom is -0.507 e. The van der Waals surface area contributed by atoms with Gasteiger partial charge < -0.3 is 10.4 Å². The first-order valence-corrected chi connectivity index (χ1v) is 5.69. The highest BCUT2D eigenvalue weighted by molar-refractivity contribution is 6.30. The number of phenolic OH excluding ortho intramolecular Hbond substituents is 1. The van der Waals surface area contributed by atoms with Crippen LogP contribution in [0, 0.1) is 0 Å². The smallest absolute Gasteiger partial charge is 0.255 e. The Morgan fingerprint density at radius 1 is 1.50 bits per heavy atom. The molecule has 0 aliphatic rings. The lowest BCUT2D eigenvalue weighted by Gasteiger charge is -2.05. The summed E-state index contributed by atoms with van der Waals surface area (Å²) in [5.74, 6) is -0.504. The number of carbonyl (C=O) groups excluding carboxylic acids is 1. The molecule has 0 saturated carbocycles. The zero-order chi connectivity index (χ0) is 13.1. The Hall–Kier alpha value is -2.01. The van der Waals surface area contributed by atoms with Crippen molar-refractivity contribution < 1.29 is 9.90 Å². The second-order valence-corrected chi connectivity index (χ2v) is 4.26. The number of phenols is 1. The van der Waals surface area contributed by atoms with Crippen molar-refractivity contribution in [2.75, 3.05) is 0 Å². The maximum atomic E-state index is 11.8. The molecule has 0 unspecified atom stereocenters. The largest absolute Gasteiger partial charge is 0.507 e. The Balaban J connectivity index is 2.03. The summed E-state index contributed by atoms with van der Waals surface area (Å²) in [6.07, 6.45) is 1.79. The lowest BCUT2D eigenvalue weighted by molar-refractivity contribution is 0.0947. The molecule has 0 radical (unpaired) electrons. The highest BCUT2D eigenvalue weighted by Crippen LogP contribution is 2.21. The molecule has 1 amide bonds. The zero-order valence-electron chi connectivity index (χ0n) is 9.72. The van der Waals surface area contributed by atoms with Crippen molar-refractivity contribution in [1.29, 1.82) is 0 Å². The molecule has 0 spiro atoms. The SMILES string of the molecule is Cn1ccc(CNC(=O)c2ccc(Cl)cc2O)n1. The van der Waals surface area contributed by atoms with Crippen LogP contribution in [0.25, 0.3) is 0 Å². The first kappa shape index (κ1) is 12.4. The fourth-order valence-electron chi connectivity index (χ4n) is 1.52. The summed E-state index contributed by atoms with van der Waals surface area (Å²) in [7, 11) is 1.80. The number of rotatable bonds is 3. The lowest BCUT2D eigenvalue weighted by Crippen LogP contribution is -2.23. The summed E-state index contributed by atoms with van der Waals surface area (Å²) < 4.78 is 1.65. The minimum absolute atomic E-state index is 0.138. The predicted molar refractivity (Wildman–Crippen MR) is 67.5 cm³/mol. The van der Waals surface area contributed by atoms with Gasteiger partial charge in [0, 0.05) is 18.3 Å². The van der Waals surface area contributed by atoms with Gasteiger partial charge in [0.15, 0.2) is 0 Å². The number of nitrogens with one attached hydrogen (secondary N) is 1. The maximum Gasteiger partial charge on any atom is 0.255 e. The molecule has 0 atom stereocenters. The van der Waals surface area contributed by atoms with E-state index in [-0.39, 0.29) is 17.2 Å². The van der Waals surface area contributed by atoms with Gasteiger partial charge in [-0.2, -0.15) is 5.10 Å². The van der Waals surface area contributed by atoms with E-state index in [9.17, 15) is 9.90 Å². The van der Waals surface area contributed by atoms with Crippen molar-refractivity contribution in [2.45, 2.75) is 6.54 Å². The van der Waals surface area contributed by atoms with E-state index < -0.39 is 0 Å². The van der Waals surface area contributed by atoms with E-state index in [1.807, 2.05) is 6.07 Å². The Bertz CT molecular complexity index is 580. The van der Waals surface area contributed by atoms with Crippen molar-refractivity contribution in [3.8, 4) is 5.75 Å². The van der Waals surface area contributed by atoms with Crippen LogP contribution in [0.15, 0.2) is 30.5 Å². The standard InChI is InChI=1S/C12H12ClN3O2/c1-16-5-4-9(15-16)7-14-12(18)10-3-2-8(13)6-11(10)17/h2-6,17H,7H2,1H3,(H,14,18). The van der Waals surface area contributed by atoms with Gasteiger partial charge in [0.2, 0.25) is 0 Å². The topological polar surface area (TPSA) is 67.2 Å². The van der Waals surface area contributed by atoms with Crippen molar-refractivity contribution in [3.05, 3.63) is 46.7 Å². The summed E-state index contributed by atoms with van der Waals surface area (Å²) in [5, 5.41) is 16.8. The molecular weight excluding hydrogens is 254 g/mol. The summed E-state index contributed by atoms with van der Waals surface area (Å²) >= 11 is 5.69. The molecule has 94 valence electrons. The Kier molecular flexibility index (Phi) is 3.53. The highest BCUT2D eigenvalue weighted by Gasteiger charge is 2.11. The van der Waals surface area contributed by atoms with Crippen LogP contribution in [0.4, 0.5) is 0 Å². The van der Waals surface area contributed by atoms with Crippen molar-refractivity contribution in [1.82, 2.24) is 15.1 Å². The van der Waals surface area contributed by atoms with E-state index in [0.29, 0.717) is 11.6 Å². The molecule has 6 heteroatoms. The van der Waals surface area contributed by atoms with Crippen molar-refractivity contribution >= 4 is 17.5 Å². The van der Waals surface area contributed by atoms with Gasteiger partial charge in [-0.1, -0.05) is 11.6 Å². The van der Waals surface area contributed by atoms with Gasteiger partial charge in [0.1, 0.15) is 5.75 Å². The molecule has 0 aliphatic carbocycles. The van der Waals surface area contributed by atoms with Gasteiger partial charge in [-0.15, -0.1) is 0 Å². The molecule has 1 aromatic heterocycles. The second-order valence-electron chi connectivity index (χ2n) is 3.82. The zero-order valence-corrected chi connectivity index (χ0v) is 10.5. The van der Waals surface area contributed by atoms with E-state index in [1.165, 1.54) is 12.1 Å². The van der Waals surface area contributed by atoms with Gasteiger partial charge in [0.25, 0.3) is 5.91 Å². The van der Waals surface area contributed by atoms with Crippen LogP contribution in [-0.4, -0.2) is 20.8 Å². The van der Waals surface area contributed by atoms with Crippen LogP contribution in [0.1, 0.15) is 16.1 Å². The van der Waals surface area contributed by atoms with E-state index in [4.69, 9.17) is 11.6 Å². The van der Waals surface area contributed by atoms with Crippen LogP contribution >= 0.6 is 11.6 Å². The molecule has 5 nitrogen and oxygen atoms in total. The van der Waals surface area contributed by atoms with Crippen molar-refractivity contribution in [3.63, 3.8) is 0 Å². The summed E-state index contributed by atoms with van der Waals surface area (Å²) in [6.45, 7) is 0.307. The Labute approximate surface area is 109 Å². The molecule has 18 heavy (non-hydrogen) atoms. The average Bonchev–Trinajstić information content (AvgIpc) is 2.72. The van der Waals surface area contributed by atoms with Gasteiger partial charge in [-0.05, 0) is 24.3 Å². The molecule has 2 aromatic rings. The molecule has 2 rings (SSSR count). The van der Waals surface area contributed by atoms with Crippen LogP contribution in [0.2, 0.25) is 5.02 Å². The van der Waals surface area contributed by atoms with Crippen LogP contribution in [0.3, 0.4) is 0 Å². The fourth-order valence-corrected chi connectivity index (χ4v) is 1.69. The molecule has 1 aromatic carbocycles. The number of aromatic nitrogens is 2. The number of nitrogens with zero attached hydrogens (tertiary/aromatic N) is 2. The summed E-state index contributed by atoms with van der Waals surface area (Å²) in [6, 6.07) is 6.17. The molecule has 0 aliphatic heterocycles. The average molecular weight is 266 g/mol. The number of benzene rings is 1. The quantitative estimate of drug-likeness (QED) is 0.888. The lowest BCUT2D eigenvalue weighted by atomic mass is 10.2. The third-order valence-electron chi connectivity index (χ3n) is 2.40. The summed E-state index contributed by atoms with van der Waals surface area (Å²) in [5.41, 5.74) is 0.939. The monoisotopic (exact) mass is 265 g/mol. The van der Waals surface area contributed by atoms with Gasteiger partial charge in [0.05, 0.1) is 17.8 Å².